The number of hydrogen-bond acceptors (Lipinski definition) is 4. The number of anilines is 1. The van der Waals surface area contributed by atoms with Gasteiger partial charge in [-0.3, -0.25) is 9.78 Å². The summed E-state index contributed by atoms with van der Waals surface area (Å²) < 4.78 is 3.28. The number of halogens is 1. The number of aromatic nitrogens is 1. The molecule has 0 atom stereocenters. The summed E-state index contributed by atoms with van der Waals surface area (Å²) in [6, 6.07) is 23.0. The highest BCUT2D eigenvalue weighted by Gasteiger charge is 2.15. The molecule has 0 fully saturated rings. The Hall–Kier alpha value is -2.82. The van der Waals surface area contributed by atoms with Crippen molar-refractivity contribution in [3.8, 4) is 0 Å². The van der Waals surface area contributed by atoms with Gasteiger partial charge in [0.05, 0.1) is 22.4 Å². The molecule has 0 aliphatic carbocycles. The van der Waals surface area contributed by atoms with E-state index in [9.17, 15) is 4.79 Å². The number of fused-ring (bicyclic) bond motifs is 1. The van der Waals surface area contributed by atoms with Crippen LogP contribution in [0.3, 0.4) is 0 Å². The van der Waals surface area contributed by atoms with Crippen molar-refractivity contribution in [3.05, 3.63) is 101 Å². The zero-order valence-corrected chi connectivity index (χ0v) is 16.7. The lowest BCUT2D eigenvalue weighted by atomic mass is 9.99. The van der Waals surface area contributed by atoms with Crippen LogP contribution in [0.25, 0.3) is 10.9 Å². The molecule has 4 aromatic rings. The highest BCUT2D eigenvalue weighted by atomic mass is 35.5. The van der Waals surface area contributed by atoms with E-state index in [4.69, 9.17) is 11.6 Å². The van der Waals surface area contributed by atoms with Crippen LogP contribution in [0, 0.1) is 6.92 Å². The van der Waals surface area contributed by atoms with E-state index in [0.717, 1.165) is 27.0 Å². The Bertz CT molecular complexity index is 1180. The largest absolute Gasteiger partial charge is 0.324 e. The minimum atomic E-state index is -0.0636. The summed E-state index contributed by atoms with van der Waals surface area (Å²) in [6.07, 6.45) is 1.80. The molecule has 0 aliphatic heterocycles. The lowest BCUT2D eigenvalue weighted by Crippen LogP contribution is -2.04. The summed E-state index contributed by atoms with van der Waals surface area (Å²) in [4.78, 5) is 18.1. The van der Waals surface area contributed by atoms with Crippen molar-refractivity contribution in [1.82, 2.24) is 4.98 Å². The molecule has 1 N–H and O–H groups in total. The number of benzene rings is 3. The van der Waals surface area contributed by atoms with Crippen molar-refractivity contribution >= 4 is 45.9 Å². The van der Waals surface area contributed by atoms with Crippen LogP contribution in [0.15, 0.2) is 83.9 Å². The molecule has 0 aliphatic rings. The summed E-state index contributed by atoms with van der Waals surface area (Å²) in [5.74, 6) is -0.0636. The molecule has 3 nitrogen and oxygen atoms in total. The Kier molecular flexibility index (Phi) is 5.33. The molecule has 3 aromatic carbocycles. The first-order chi connectivity index (χ1) is 13.6. The average Bonchev–Trinajstić information content (AvgIpc) is 2.72. The molecule has 1 aromatic heterocycles. The Morgan fingerprint density at radius 3 is 2.57 bits per heavy atom. The summed E-state index contributed by atoms with van der Waals surface area (Å²) in [5, 5.41) is 1.52. The van der Waals surface area contributed by atoms with Crippen LogP contribution >= 0.6 is 23.5 Å². The van der Waals surface area contributed by atoms with Crippen LogP contribution < -0.4 is 4.72 Å². The average molecular weight is 405 g/mol. The third kappa shape index (κ3) is 3.88. The molecule has 0 radical (unpaired) electrons. The van der Waals surface area contributed by atoms with E-state index in [1.807, 2.05) is 67.6 Å². The van der Waals surface area contributed by atoms with E-state index in [2.05, 4.69) is 9.71 Å². The molecule has 5 heteroatoms. The van der Waals surface area contributed by atoms with Crippen LogP contribution in [0.5, 0.6) is 0 Å². The minimum absolute atomic E-state index is 0.0636. The van der Waals surface area contributed by atoms with Crippen molar-refractivity contribution in [2.24, 2.45) is 0 Å². The molecule has 138 valence electrons. The number of hydrogen-bond donors (Lipinski definition) is 1. The molecule has 28 heavy (non-hydrogen) atoms. The van der Waals surface area contributed by atoms with E-state index < -0.39 is 0 Å². The van der Waals surface area contributed by atoms with E-state index in [0.29, 0.717) is 16.1 Å². The first kappa shape index (κ1) is 18.5. The third-order valence-electron chi connectivity index (χ3n) is 4.45. The van der Waals surface area contributed by atoms with Gasteiger partial charge in [-0.2, -0.15) is 0 Å². The number of nitrogens with one attached hydrogen (secondary N) is 1. The molecule has 4 rings (SSSR count). The van der Waals surface area contributed by atoms with Gasteiger partial charge in [0.2, 0.25) is 0 Å². The maximum atomic E-state index is 12.8. The number of aryl methyl sites for hydroxylation is 1. The molecule has 0 bridgehead atoms. The summed E-state index contributed by atoms with van der Waals surface area (Å²) in [7, 11) is 0. The van der Waals surface area contributed by atoms with Gasteiger partial charge in [-0.15, -0.1) is 0 Å². The molecular weight excluding hydrogens is 388 g/mol. The van der Waals surface area contributed by atoms with Crippen molar-refractivity contribution < 1.29 is 4.79 Å². The number of carbonyl (C=O) groups excluding carboxylic acids is 1. The lowest BCUT2D eigenvalue weighted by molar-refractivity contribution is 0.103. The van der Waals surface area contributed by atoms with Crippen LogP contribution in [-0.2, 0) is 0 Å². The van der Waals surface area contributed by atoms with Crippen molar-refractivity contribution in [2.45, 2.75) is 11.8 Å². The summed E-state index contributed by atoms with van der Waals surface area (Å²) in [5.41, 5.74) is 3.98. The fourth-order valence-corrected chi connectivity index (χ4v) is 3.95. The molecule has 0 amide bonds. The van der Waals surface area contributed by atoms with Gasteiger partial charge in [0, 0.05) is 21.4 Å². The topological polar surface area (TPSA) is 42.0 Å². The first-order valence-corrected chi connectivity index (χ1v) is 9.99. The van der Waals surface area contributed by atoms with E-state index in [1.165, 1.54) is 11.9 Å². The first-order valence-electron chi connectivity index (χ1n) is 8.79. The highest BCUT2D eigenvalue weighted by Crippen LogP contribution is 2.28. The molecule has 0 spiro atoms. The predicted molar refractivity (Wildman–Crippen MR) is 117 cm³/mol. The second-order valence-electron chi connectivity index (χ2n) is 6.41. The van der Waals surface area contributed by atoms with Gasteiger partial charge >= 0.3 is 0 Å². The second kappa shape index (κ2) is 8.05. The number of carbonyl (C=O) groups is 1. The van der Waals surface area contributed by atoms with Crippen molar-refractivity contribution in [1.29, 1.82) is 0 Å². The quantitative estimate of drug-likeness (QED) is 0.302. The van der Waals surface area contributed by atoms with Gasteiger partial charge in [0.15, 0.2) is 5.78 Å². The normalized spacial score (nSPS) is 10.8. The number of rotatable bonds is 5. The standard InChI is InChI=1S/C23H17ClN2OS/c1-15-6-2-4-8-19(15)23(27)20-11-10-18(13-21(20)24)28-26-17-12-16-7-3-5-9-22(16)25-14-17/h2-14,26H,1H3. The van der Waals surface area contributed by atoms with Gasteiger partial charge in [-0.1, -0.05) is 54.1 Å². The Morgan fingerprint density at radius 2 is 1.75 bits per heavy atom. The smallest absolute Gasteiger partial charge is 0.194 e. The summed E-state index contributed by atoms with van der Waals surface area (Å²) >= 11 is 7.84. The molecular formula is C23H17ClN2OS. The van der Waals surface area contributed by atoms with Gasteiger partial charge in [0.25, 0.3) is 0 Å². The second-order valence-corrected chi connectivity index (χ2v) is 7.69. The van der Waals surface area contributed by atoms with Crippen molar-refractivity contribution in [3.63, 3.8) is 0 Å². The zero-order valence-electron chi connectivity index (χ0n) is 15.1. The SMILES string of the molecule is Cc1ccccc1C(=O)c1ccc(SNc2cnc3ccccc3c2)cc1Cl. The Labute approximate surface area is 172 Å². The van der Waals surface area contributed by atoms with Crippen molar-refractivity contribution in [2.75, 3.05) is 4.72 Å². The molecule has 0 unspecified atom stereocenters. The number of pyridine rings is 1. The van der Waals surface area contributed by atoms with Gasteiger partial charge < -0.3 is 4.72 Å². The van der Waals surface area contributed by atoms with Gasteiger partial charge in [-0.25, -0.2) is 0 Å². The van der Waals surface area contributed by atoms with Crippen LogP contribution in [-0.4, -0.2) is 10.8 Å². The highest BCUT2D eigenvalue weighted by molar-refractivity contribution is 8.00. The summed E-state index contributed by atoms with van der Waals surface area (Å²) in [6.45, 7) is 1.92. The van der Waals surface area contributed by atoms with E-state index in [-0.39, 0.29) is 5.78 Å². The third-order valence-corrected chi connectivity index (χ3v) is 5.59. The fourth-order valence-electron chi connectivity index (χ4n) is 2.96. The number of ketones is 1. The van der Waals surface area contributed by atoms with Crippen LogP contribution in [0.2, 0.25) is 5.02 Å². The fraction of sp³-hybridized carbons (Fsp3) is 0.0435. The van der Waals surface area contributed by atoms with E-state index >= 15 is 0 Å². The van der Waals surface area contributed by atoms with Gasteiger partial charge in [0.1, 0.15) is 0 Å². The maximum Gasteiger partial charge on any atom is 0.194 e. The Morgan fingerprint density at radius 1 is 0.964 bits per heavy atom. The van der Waals surface area contributed by atoms with Crippen LogP contribution in [0.4, 0.5) is 5.69 Å². The monoisotopic (exact) mass is 404 g/mol. The zero-order chi connectivity index (χ0) is 19.5. The predicted octanol–water partition coefficient (Wildman–Crippen LogP) is 6.55. The molecule has 0 saturated carbocycles. The molecule has 0 saturated heterocycles. The Balaban J connectivity index is 1.51. The van der Waals surface area contributed by atoms with Gasteiger partial charge in [-0.05, 0) is 54.8 Å². The minimum Gasteiger partial charge on any atom is -0.324 e. The lowest BCUT2D eigenvalue weighted by Gasteiger charge is -2.10. The van der Waals surface area contributed by atoms with Crippen LogP contribution in [0.1, 0.15) is 21.5 Å². The number of nitrogens with zero attached hydrogens (tertiary/aromatic N) is 1. The maximum absolute atomic E-state index is 12.8. The van der Waals surface area contributed by atoms with E-state index in [1.54, 1.807) is 18.3 Å². The molecule has 1 heterocycles. The number of para-hydroxylation sites is 1.